The monoisotopic (exact) mass is 242 g/mol. The normalized spacial score (nSPS) is 16.5. The maximum atomic E-state index is 11.4. The van der Waals surface area contributed by atoms with Gasteiger partial charge in [0.05, 0.1) is 13.0 Å². The lowest BCUT2D eigenvalue weighted by Gasteiger charge is -2.31. The highest BCUT2D eigenvalue weighted by Crippen LogP contribution is 2.18. The Labute approximate surface area is 100.0 Å². The number of hydrogen-bond donors (Lipinski definition) is 3. The topological polar surface area (TPSA) is 94.5 Å². The van der Waals surface area contributed by atoms with E-state index in [9.17, 15) is 9.59 Å². The van der Waals surface area contributed by atoms with Crippen LogP contribution in [0.2, 0.25) is 0 Å². The van der Waals surface area contributed by atoms with Crippen molar-refractivity contribution in [2.75, 3.05) is 27.2 Å². The van der Waals surface area contributed by atoms with Crippen LogP contribution in [0.1, 0.15) is 12.8 Å². The number of likely N-dealkylation sites (tertiary alicyclic amines) is 1. The number of nitrogens with one attached hydrogen (secondary N) is 3. The third-order valence-corrected chi connectivity index (χ3v) is 2.80. The standard InChI is InChI=1S/C10H18N4O3/c1-12-13-9(15)8(11)14-5-3-7(4-6-14)10(16)17-2/h7,11-12H,3-6H2,1-2H3,(H,13,15). The molecule has 1 saturated heterocycles. The quantitative estimate of drug-likeness (QED) is 0.252. The highest BCUT2D eigenvalue weighted by Gasteiger charge is 2.28. The van der Waals surface area contributed by atoms with Crippen molar-refractivity contribution in [3.05, 3.63) is 0 Å². The highest BCUT2D eigenvalue weighted by molar-refractivity contribution is 6.36. The summed E-state index contributed by atoms with van der Waals surface area (Å²) in [4.78, 5) is 24.3. The summed E-state index contributed by atoms with van der Waals surface area (Å²) in [6.07, 6.45) is 1.23. The van der Waals surface area contributed by atoms with Crippen molar-refractivity contribution in [2.45, 2.75) is 12.8 Å². The van der Waals surface area contributed by atoms with E-state index in [1.807, 2.05) is 0 Å². The van der Waals surface area contributed by atoms with Gasteiger partial charge in [0.25, 0.3) is 5.91 Å². The van der Waals surface area contributed by atoms with Crippen LogP contribution in [0, 0.1) is 11.3 Å². The number of nitrogens with zero attached hydrogens (tertiary/aromatic N) is 1. The second kappa shape index (κ2) is 6.19. The molecule has 0 radical (unpaired) electrons. The van der Waals surface area contributed by atoms with E-state index >= 15 is 0 Å². The van der Waals surface area contributed by atoms with Gasteiger partial charge in [-0.05, 0) is 12.8 Å². The van der Waals surface area contributed by atoms with Gasteiger partial charge in [-0.3, -0.25) is 20.4 Å². The molecule has 1 aliphatic heterocycles. The van der Waals surface area contributed by atoms with Crippen LogP contribution in [-0.2, 0) is 14.3 Å². The Balaban J connectivity index is 2.44. The number of esters is 1. The largest absolute Gasteiger partial charge is 0.469 e. The molecule has 1 fully saturated rings. The summed E-state index contributed by atoms with van der Waals surface area (Å²) >= 11 is 0. The summed E-state index contributed by atoms with van der Waals surface area (Å²) in [7, 11) is 2.94. The molecule has 0 unspecified atom stereocenters. The third-order valence-electron chi connectivity index (χ3n) is 2.80. The zero-order valence-electron chi connectivity index (χ0n) is 10.1. The van der Waals surface area contributed by atoms with Crippen molar-refractivity contribution < 1.29 is 14.3 Å². The first-order valence-electron chi connectivity index (χ1n) is 5.48. The van der Waals surface area contributed by atoms with Crippen molar-refractivity contribution in [3.8, 4) is 0 Å². The minimum atomic E-state index is -0.469. The van der Waals surface area contributed by atoms with E-state index in [1.54, 1.807) is 11.9 Å². The SMILES string of the molecule is CNNC(=O)C(=N)N1CCC(C(=O)OC)CC1. The molecule has 0 aliphatic carbocycles. The van der Waals surface area contributed by atoms with Gasteiger partial charge in [0.15, 0.2) is 5.84 Å². The summed E-state index contributed by atoms with van der Waals surface area (Å²) in [5, 5.41) is 7.67. The maximum absolute atomic E-state index is 11.4. The number of piperidine rings is 1. The number of carbonyl (C=O) groups excluding carboxylic acids is 2. The maximum Gasteiger partial charge on any atom is 0.308 e. The van der Waals surface area contributed by atoms with E-state index in [0.29, 0.717) is 25.9 Å². The number of amides is 1. The highest BCUT2D eigenvalue weighted by atomic mass is 16.5. The second-order valence-corrected chi connectivity index (χ2v) is 3.84. The van der Waals surface area contributed by atoms with Gasteiger partial charge in [0, 0.05) is 20.1 Å². The number of carbonyl (C=O) groups is 2. The van der Waals surface area contributed by atoms with Gasteiger partial charge in [-0.15, -0.1) is 0 Å². The fraction of sp³-hybridized carbons (Fsp3) is 0.700. The number of hydrogen-bond acceptors (Lipinski definition) is 5. The number of hydrazine groups is 1. The van der Waals surface area contributed by atoms with Crippen molar-refractivity contribution in [1.29, 1.82) is 5.41 Å². The van der Waals surface area contributed by atoms with Crippen LogP contribution in [0.15, 0.2) is 0 Å². The average molecular weight is 242 g/mol. The number of rotatable bonds is 2. The number of methoxy groups -OCH3 is 1. The van der Waals surface area contributed by atoms with Gasteiger partial charge >= 0.3 is 5.97 Å². The van der Waals surface area contributed by atoms with Crippen molar-refractivity contribution in [3.63, 3.8) is 0 Å². The van der Waals surface area contributed by atoms with E-state index in [-0.39, 0.29) is 17.7 Å². The molecule has 1 amide bonds. The zero-order valence-corrected chi connectivity index (χ0v) is 10.1. The third kappa shape index (κ3) is 3.42. The molecule has 0 bridgehead atoms. The van der Waals surface area contributed by atoms with Crippen molar-refractivity contribution in [2.24, 2.45) is 5.92 Å². The van der Waals surface area contributed by atoms with Crippen LogP contribution in [0.25, 0.3) is 0 Å². The lowest BCUT2D eigenvalue weighted by atomic mass is 9.97. The average Bonchev–Trinajstić information content (AvgIpc) is 2.37. The molecule has 0 aromatic carbocycles. The number of ether oxygens (including phenoxy) is 1. The fourth-order valence-corrected chi connectivity index (χ4v) is 1.82. The van der Waals surface area contributed by atoms with E-state index in [2.05, 4.69) is 15.6 Å². The van der Waals surface area contributed by atoms with Gasteiger partial charge < -0.3 is 9.64 Å². The summed E-state index contributed by atoms with van der Waals surface area (Å²) in [5.41, 5.74) is 4.82. The Kier molecular flexibility index (Phi) is 4.89. The molecule has 96 valence electrons. The lowest BCUT2D eigenvalue weighted by molar-refractivity contribution is -0.146. The van der Waals surface area contributed by atoms with E-state index in [1.165, 1.54) is 7.11 Å². The minimum absolute atomic E-state index is 0.0809. The molecule has 7 heteroatoms. The van der Waals surface area contributed by atoms with Crippen LogP contribution in [0.4, 0.5) is 0 Å². The van der Waals surface area contributed by atoms with Crippen LogP contribution in [-0.4, -0.2) is 49.9 Å². The molecule has 3 N–H and O–H groups in total. The van der Waals surface area contributed by atoms with Crippen molar-refractivity contribution in [1.82, 2.24) is 15.8 Å². The van der Waals surface area contributed by atoms with Crippen LogP contribution < -0.4 is 10.9 Å². The minimum Gasteiger partial charge on any atom is -0.469 e. The second-order valence-electron chi connectivity index (χ2n) is 3.84. The predicted octanol–water partition coefficient (Wildman–Crippen LogP) is -0.901. The molecule has 1 rings (SSSR count). The van der Waals surface area contributed by atoms with Gasteiger partial charge in [-0.2, -0.15) is 0 Å². The van der Waals surface area contributed by atoms with E-state index in [0.717, 1.165) is 0 Å². The Morgan fingerprint density at radius 2 is 1.94 bits per heavy atom. The zero-order chi connectivity index (χ0) is 12.8. The molecular weight excluding hydrogens is 224 g/mol. The van der Waals surface area contributed by atoms with Crippen molar-refractivity contribution >= 4 is 17.7 Å². The van der Waals surface area contributed by atoms with Gasteiger partial charge in [0.1, 0.15) is 0 Å². The Bertz CT molecular complexity index is 311. The summed E-state index contributed by atoms with van der Waals surface area (Å²) in [5.74, 6) is -0.876. The van der Waals surface area contributed by atoms with Gasteiger partial charge in [-0.25, -0.2) is 5.43 Å². The first kappa shape index (κ1) is 13.4. The molecule has 0 aromatic heterocycles. The molecule has 0 aromatic rings. The smallest absolute Gasteiger partial charge is 0.308 e. The molecule has 0 saturated carbocycles. The molecule has 0 atom stereocenters. The molecule has 17 heavy (non-hydrogen) atoms. The summed E-state index contributed by atoms with van der Waals surface area (Å²) in [6.45, 7) is 1.05. The van der Waals surface area contributed by atoms with Crippen LogP contribution >= 0.6 is 0 Å². The molecular formula is C10H18N4O3. The van der Waals surface area contributed by atoms with Gasteiger partial charge in [0.2, 0.25) is 0 Å². The summed E-state index contributed by atoms with van der Waals surface area (Å²) < 4.78 is 4.67. The van der Waals surface area contributed by atoms with E-state index < -0.39 is 5.91 Å². The predicted molar refractivity (Wildman–Crippen MR) is 61.2 cm³/mol. The molecule has 7 nitrogen and oxygen atoms in total. The van der Waals surface area contributed by atoms with Crippen LogP contribution in [0.5, 0.6) is 0 Å². The van der Waals surface area contributed by atoms with Crippen LogP contribution in [0.3, 0.4) is 0 Å². The first-order chi connectivity index (χ1) is 8.10. The lowest BCUT2D eigenvalue weighted by Crippen LogP contribution is -2.49. The fourth-order valence-electron chi connectivity index (χ4n) is 1.82. The first-order valence-corrected chi connectivity index (χ1v) is 5.48. The Hall–Kier alpha value is -1.63. The van der Waals surface area contributed by atoms with Gasteiger partial charge in [-0.1, -0.05) is 0 Å². The Morgan fingerprint density at radius 3 is 2.41 bits per heavy atom. The summed E-state index contributed by atoms with van der Waals surface area (Å²) in [6, 6.07) is 0. The molecule has 1 aliphatic rings. The van der Waals surface area contributed by atoms with E-state index in [4.69, 9.17) is 5.41 Å². The Morgan fingerprint density at radius 1 is 1.35 bits per heavy atom. The number of amidine groups is 1. The molecule has 1 heterocycles. The molecule has 0 spiro atoms.